The Hall–Kier alpha value is -1.80. The largest absolute Gasteiger partial charge is 0.496 e. The minimum Gasteiger partial charge on any atom is -0.496 e. The Morgan fingerprint density at radius 3 is 2.48 bits per heavy atom. The van der Waals surface area contributed by atoms with E-state index in [0.29, 0.717) is 0 Å². The van der Waals surface area contributed by atoms with E-state index in [1.165, 1.54) is 21.9 Å². The van der Waals surface area contributed by atoms with Gasteiger partial charge in [0, 0.05) is 0 Å². The highest BCUT2D eigenvalue weighted by Gasteiger charge is 2.14. The molecule has 0 radical (unpaired) electrons. The second-order valence-corrected chi connectivity index (χ2v) is 6.08. The fourth-order valence-corrected chi connectivity index (χ4v) is 3.39. The first-order valence-electron chi connectivity index (χ1n) is 6.97. The highest BCUT2D eigenvalue weighted by atomic mass is 79.9. The Kier molecular flexibility index (Phi) is 3.98. The summed E-state index contributed by atoms with van der Waals surface area (Å²) < 4.78 is 5.34. The SMILES string of the molecule is COc1ccc(C(Br)c2cccc3ccccc23)cc1C. The molecule has 1 nitrogen and oxygen atoms in total. The van der Waals surface area contributed by atoms with Crippen LogP contribution < -0.4 is 4.74 Å². The van der Waals surface area contributed by atoms with E-state index < -0.39 is 0 Å². The van der Waals surface area contributed by atoms with Crippen LogP contribution in [0.5, 0.6) is 5.75 Å². The molecular weight excluding hydrogens is 324 g/mol. The molecule has 21 heavy (non-hydrogen) atoms. The summed E-state index contributed by atoms with van der Waals surface area (Å²) in [5.74, 6) is 0.927. The van der Waals surface area contributed by atoms with Crippen LogP contribution in [0, 0.1) is 6.92 Å². The molecule has 1 unspecified atom stereocenters. The summed E-state index contributed by atoms with van der Waals surface area (Å²) in [6.45, 7) is 2.07. The van der Waals surface area contributed by atoms with Crippen molar-refractivity contribution >= 4 is 26.7 Å². The second-order valence-electron chi connectivity index (χ2n) is 5.16. The summed E-state index contributed by atoms with van der Waals surface area (Å²) in [5, 5.41) is 2.56. The number of aryl methyl sites for hydroxylation is 1. The van der Waals surface area contributed by atoms with Gasteiger partial charge in [-0.1, -0.05) is 70.5 Å². The van der Waals surface area contributed by atoms with Gasteiger partial charge in [-0.3, -0.25) is 0 Å². The minimum absolute atomic E-state index is 0.174. The van der Waals surface area contributed by atoms with Crippen molar-refractivity contribution in [2.24, 2.45) is 0 Å². The topological polar surface area (TPSA) is 9.23 Å². The molecule has 3 aromatic rings. The number of benzene rings is 3. The van der Waals surface area contributed by atoms with Crippen molar-refractivity contribution in [2.45, 2.75) is 11.8 Å². The molecule has 0 saturated carbocycles. The Morgan fingerprint density at radius 1 is 0.952 bits per heavy atom. The van der Waals surface area contributed by atoms with Crippen LogP contribution in [-0.4, -0.2) is 7.11 Å². The third kappa shape index (κ3) is 2.68. The van der Waals surface area contributed by atoms with E-state index in [4.69, 9.17) is 4.74 Å². The van der Waals surface area contributed by atoms with Crippen LogP contribution in [0.15, 0.2) is 60.7 Å². The normalized spacial score (nSPS) is 12.3. The number of alkyl halides is 1. The van der Waals surface area contributed by atoms with Crippen LogP contribution in [0.2, 0.25) is 0 Å². The Bertz CT molecular complexity index is 774. The molecule has 0 N–H and O–H groups in total. The lowest BCUT2D eigenvalue weighted by atomic mass is 9.97. The maximum Gasteiger partial charge on any atom is 0.121 e. The van der Waals surface area contributed by atoms with Gasteiger partial charge < -0.3 is 4.74 Å². The first-order chi connectivity index (χ1) is 10.2. The van der Waals surface area contributed by atoms with Gasteiger partial charge in [0.1, 0.15) is 5.75 Å². The summed E-state index contributed by atoms with van der Waals surface area (Å²) in [4.78, 5) is 0.174. The number of fused-ring (bicyclic) bond motifs is 1. The number of ether oxygens (including phenoxy) is 1. The maximum atomic E-state index is 5.34. The van der Waals surface area contributed by atoms with Gasteiger partial charge in [-0.2, -0.15) is 0 Å². The lowest BCUT2D eigenvalue weighted by Crippen LogP contribution is -1.96. The molecule has 0 amide bonds. The molecule has 0 saturated heterocycles. The van der Waals surface area contributed by atoms with Gasteiger partial charge in [-0.15, -0.1) is 0 Å². The zero-order chi connectivity index (χ0) is 14.8. The van der Waals surface area contributed by atoms with Crippen LogP contribution in [-0.2, 0) is 0 Å². The number of hydrogen-bond acceptors (Lipinski definition) is 1. The smallest absolute Gasteiger partial charge is 0.121 e. The molecule has 0 aliphatic heterocycles. The molecule has 0 aromatic heterocycles. The van der Waals surface area contributed by atoms with Crippen LogP contribution >= 0.6 is 15.9 Å². The van der Waals surface area contributed by atoms with E-state index in [2.05, 4.69) is 77.5 Å². The minimum atomic E-state index is 0.174. The van der Waals surface area contributed by atoms with Gasteiger partial charge in [0.15, 0.2) is 0 Å². The Balaban J connectivity index is 2.08. The molecule has 0 aliphatic carbocycles. The first kappa shape index (κ1) is 14.2. The van der Waals surface area contributed by atoms with Gasteiger partial charge in [-0.25, -0.2) is 0 Å². The van der Waals surface area contributed by atoms with Crippen molar-refractivity contribution in [3.8, 4) is 5.75 Å². The van der Waals surface area contributed by atoms with Crippen molar-refractivity contribution in [1.29, 1.82) is 0 Å². The highest BCUT2D eigenvalue weighted by molar-refractivity contribution is 9.09. The average molecular weight is 341 g/mol. The molecule has 0 spiro atoms. The second kappa shape index (κ2) is 5.90. The van der Waals surface area contributed by atoms with Gasteiger partial charge >= 0.3 is 0 Å². The van der Waals surface area contributed by atoms with Gasteiger partial charge in [0.25, 0.3) is 0 Å². The molecule has 0 bridgehead atoms. The predicted molar refractivity (Wildman–Crippen MR) is 92.4 cm³/mol. The Labute approximate surface area is 133 Å². The van der Waals surface area contributed by atoms with Crippen LogP contribution in [0.4, 0.5) is 0 Å². The van der Waals surface area contributed by atoms with E-state index in [9.17, 15) is 0 Å². The van der Waals surface area contributed by atoms with E-state index in [1.54, 1.807) is 7.11 Å². The molecule has 3 rings (SSSR count). The van der Waals surface area contributed by atoms with Crippen molar-refractivity contribution < 1.29 is 4.74 Å². The molecule has 106 valence electrons. The molecule has 1 atom stereocenters. The first-order valence-corrected chi connectivity index (χ1v) is 7.88. The van der Waals surface area contributed by atoms with Gasteiger partial charge in [0.2, 0.25) is 0 Å². The molecule has 0 aliphatic rings. The van der Waals surface area contributed by atoms with E-state index in [1.807, 2.05) is 6.07 Å². The molecule has 3 aromatic carbocycles. The summed E-state index contributed by atoms with van der Waals surface area (Å²) in [6.07, 6.45) is 0. The van der Waals surface area contributed by atoms with E-state index >= 15 is 0 Å². The average Bonchev–Trinajstić information content (AvgIpc) is 2.53. The number of halogens is 1. The zero-order valence-electron chi connectivity index (χ0n) is 12.1. The van der Waals surface area contributed by atoms with Crippen molar-refractivity contribution in [1.82, 2.24) is 0 Å². The lowest BCUT2D eigenvalue weighted by molar-refractivity contribution is 0.411. The van der Waals surface area contributed by atoms with E-state index in [-0.39, 0.29) is 4.83 Å². The highest BCUT2D eigenvalue weighted by Crippen LogP contribution is 2.36. The Morgan fingerprint density at radius 2 is 1.71 bits per heavy atom. The van der Waals surface area contributed by atoms with Crippen LogP contribution in [0.1, 0.15) is 21.5 Å². The summed E-state index contributed by atoms with van der Waals surface area (Å²) >= 11 is 3.86. The molecule has 0 heterocycles. The standard InChI is InChI=1S/C19H17BrO/c1-13-12-15(10-11-18(13)21-2)19(20)17-9-5-7-14-6-3-4-8-16(14)17/h3-12,19H,1-2H3. The summed E-state index contributed by atoms with van der Waals surface area (Å²) in [7, 11) is 1.71. The van der Waals surface area contributed by atoms with E-state index in [0.717, 1.165) is 11.3 Å². The number of methoxy groups -OCH3 is 1. The fourth-order valence-electron chi connectivity index (χ4n) is 2.71. The van der Waals surface area contributed by atoms with Crippen LogP contribution in [0.3, 0.4) is 0 Å². The van der Waals surface area contributed by atoms with Crippen molar-refractivity contribution in [3.63, 3.8) is 0 Å². The van der Waals surface area contributed by atoms with Crippen LogP contribution in [0.25, 0.3) is 10.8 Å². The summed E-state index contributed by atoms with van der Waals surface area (Å²) in [5.41, 5.74) is 3.68. The summed E-state index contributed by atoms with van der Waals surface area (Å²) in [6, 6.07) is 21.3. The zero-order valence-corrected chi connectivity index (χ0v) is 13.7. The molecule has 0 fully saturated rings. The maximum absolute atomic E-state index is 5.34. The number of rotatable bonds is 3. The van der Waals surface area contributed by atoms with Crippen molar-refractivity contribution in [2.75, 3.05) is 7.11 Å². The van der Waals surface area contributed by atoms with Gasteiger partial charge in [-0.05, 0) is 40.5 Å². The fraction of sp³-hybridized carbons (Fsp3) is 0.158. The lowest BCUT2D eigenvalue weighted by Gasteiger charge is -2.15. The third-order valence-electron chi connectivity index (χ3n) is 3.81. The molecular formula is C19H17BrO. The monoisotopic (exact) mass is 340 g/mol. The van der Waals surface area contributed by atoms with Crippen molar-refractivity contribution in [3.05, 3.63) is 77.4 Å². The van der Waals surface area contributed by atoms with Gasteiger partial charge in [0.05, 0.1) is 11.9 Å². The quantitative estimate of drug-likeness (QED) is 0.560. The molecule has 2 heteroatoms. The number of hydrogen-bond donors (Lipinski definition) is 0. The predicted octanol–water partition coefficient (Wildman–Crippen LogP) is 5.64. The third-order valence-corrected chi connectivity index (χ3v) is 4.83.